The van der Waals surface area contributed by atoms with Crippen LogP contribution in [-0.2, 0) is 13.2 Å². The van der Waals surface area contributed by atoms with E-state index in [1.165, 1.54) is 0 Å². The summed E-state index contributed by atoms with van der Waals surface area (Å²) < 4.78 is 0. The lowest BCUT2D eigenvalue weighted by Gasteiger charge is -2.24. The number of hydrogen-bond acceptors (Lipinski definition) is 4. The second-order valence-corrected chi connectivity index (χ2v) is 4.16. The number of nitrogens with zero attached hydrogens (tertiary/aromatic N) is 2. The van der Waals surface area contributed by atoms with Gasteiger partial charge in [0.2, 0.25) is 0 Å². The van der Waals surface area contributed by atoms with E-state index >= 15 is 0 Å². The third kappa shape index (κ3) is 3.03. The predicted octanol–water partition coefficient (Wildman–Crippen LogP) is 2.29. The Kier molecular flexibility index (Phi) is 4.43. The molecule has 0 amide bonds. The summed E-state index contributed by atoms with van der Waals surface area (Å²) in [4.78, 5) is 12.4. The Labute approximate surface area is 95.9 Å². The predicted molar refractivity (Wildman–Crippen MR) is 65.4 cm³/mol. The molecular weight excluding hydrogens is 204 g/mol. The van der Waals surface area contributed by atoms with Gasteiger partial charge in [-0.2, -0.15) is 4.91 Å². The van der Waals surface area contributed by atoms with Crippen LogP contribution in [0, 0.1) is 4.91 Å². The van der Waals surface area contributed by atoms with Gasteiger partial charge >= 0.3 is 0 Å². The molecule has 0 atom stereocenters. The highest BCUT2D eigenvalue weighted by Crippen LogP contribution is 2.20. The zero-order chi connectivity index (χ0) is 12.1. The van der Waals surface area contributed by atoms with Gasteiger partial charge in [0, 0.05) is 18.8 Å². The summed E-state index contributed by atoms with van der Waals surface area (Å²) in [6.07, 6.45) is 0. The van der Waals surface area contributed by atoms with E-state index in [0.29, 0.717) is 6.04 Å². The second kappa shape index (κ2) is 5.61. The standard InChI is InChI=1S/C12H18N2O2/c1-9(2)14(3)12-5-10(7-13-16)4-11(6-12)8-15/h4-6,9,15H,7-8H2,1-3H3. The van der Waals surface area contributed by atoms with Crippen LogP contribution in [0.4, 0.5) is 5.69 Å². The fourth-order valence-electron chi connectivity index (χ4n) is 1.50. The lowest BCUT2D eigenvalue weighted by Crippen LogP contribution is -2.25. The average molecular weight is 222 g/mol. The van der Waals surface area contributed by atoms with Crippen LogP contribution in [0.5, 0.6) is 0 Å². The van der Waals surface area contributed by atoms with E-state index < -0.39 is 0 Å². The first-order chi connectivity index (χ1) is 7.58. The number of aliphatic hydroxyl groups is 1. The SMILES string of the molecule is CC(C)N(C)c1cc(CO)cc(CN=O)c1. The van der Waals surface area contributed by atoms with Crippen LogP contribution in [0.3, 0.4) is 0 Å². The van der Waals surface area contributed by atoms with Crippen molar-refractivity contribution >= 4 is 5.69 Å². The number of nitroso groups, excluding NO2 is 1. The van der Waals surface area contributed by atoms with Crippen molar-refractivity contribution in [2.75, 3.05) is 11.9 Å². The fraction of sp³-hybridized carbons (Fsp3) is 0.500. The third-order valence-corrected chi connectivity index (χ3v) is 2.65. The molecule has 0 unspecified atom stereocenters. The zero-order valence-corrected chi connectivity index (χ0v) is 9.97. The molecule has 0 spiro atoms. The number of anilines is 1. The van der Waals surface area contributed by atoms with Gasteiger partial charge in [0.25, 0.3) is 0 Å². The van der Waals surface area contributed by atoms with Crippen molar-refractivity contribution in [2.24, 2.45) is 5.18 Å². The molecule has 1 aromatic rings. The van der Waals surface area contributed by atoms with Gasteiger partial charge in [0.1, 0.15) is 6.54 Å². The second-order valence-electron chi connectivity index (χ2n) is 4.16. The summed E-state index contributed by atoms with van der Waals surface area (Å²) in [5, 5.41) is 12.0. The van der Waals surface area contributed by atoms with Crippen LogP contribution in [0.25, 0.3) is 0 Å². The van der Waals surface area contributed by atoms with Crippen molar-refractivity contribution < 1.29 is 5.11 Å². The van der Waals surface area contributed by atoms with E-state index in [0.717, 1.165) is 16.8 Å². The van der Waals surface area contributed by atoms with Gasteiger partial charge in [0.05, 0.1) is 6.61 Å². The molecule has 1 rings (SSSR count). The number of hydrogen-bond donors (Lipinski definition) is 1. The van der Waals surface area contributed by atoms with Crippen molar-refractivity contribution in [3.05, 3.63) is 34.2 Å². The summed E-state index contributed by atoms with van der Waals surface area (Å²) in [7, 11) is 1.99. The van der Waals surface area contributed by atoms with Gasteiger partial charge in [-0.15, -0.1) is 0 Å². The van der Waals surface area contributed by atoms with Crippen molar-refractivity contribution in [1.29, 1.82) is 0 Å². The first-order valence-corrected chi connectivity index (χ1v) is 5.34. The Morgan fingerprint density at radius 3 is 2.44 bits per heavy atom. The smallest absolute Gasteiger partial charge is 0.106 e. The van der Waals surface area contributed by atoms with Crippen LogP contribution in [0.1, 0.15) is 25.0 Å². The molecule has 0 heterocycles. The molecule has 88 valence electrons. The third-order valence-electron chi connectivity index (χ3n) is 2.65. The summed E-state index contributed by atoms with van der Waals surface area (Å²) in [5.41, 5.74) is 2.65. The summed E-state index contributed by atoms with van der Waals surface area (Å²) in [6.45, 7) is 4.30. The van der Waals surface area contributed by atoms with Crippen LogP contribution >= 0.6 is 0 Å². The highest BCUT2D eigenvalue weighted by molar-refractivity contribution is 5.51. The van der Waals surface area contributed by atoms with Gasteiger partial charge in [-0.1, -0.05) is 11.2 Å². The van der Waals surface area contributed by atoms with E-state index in [2.05, 4.69) is 23.9 Å². The molecule has 0 saturated heterocycles. The Morgan fingerprint density at radius 2 is 1.94 bits per heavy atom. The average Bonchev–Trinajstić information content (AvgIpc) is 2.27. The maximum absolute atomic E-state index is 10.3. The van der Waals surface area contributed by atoms with Crippen LogP contribution in [0.2, 0.25) is 0 Å². The summed E-state index contributed by atoms with van der Waals surface area (Å²) in [5.74, 6) is 0. The molecule has 4 heteroatoms. The van der Waals surface area contributed by atoms with E-state index in [1.54, 1.807) is 6.07 Å². The largest absolute Gasteiger partial charge is 0.392 e. The molecule has 1 aromatic carbocycles. The summed E-state index contributed by atoms with van der Waals surface area (Å²) in [6, 6.07) is 6.03. The first kappa shape index (κ1) is 12.6. The molecule has 0 aliphatic heterocycles. The molecule has 4 nitrogen and oxygen atoms in total. The van der Waals surface area contributed by atoms with Crippen LogP contribution in [-0.4, -0.2) is 18.2 Å². The minimum absolute atomic E-state index is 0.0222. The quantitative estimate of drug-likeness (QED) is 0.778. The molecule has 16 heavy (non-hydrogen) atoms. The van der Waals surface area contributed by atoms with Gasteiger partial charge in [-0.25, -0.2) is 0 Å². The molecule has 0 fully saturated rings. The van der Waals surface area contributed by atoms with Crippen molar-refractivity contribution in [3.8, 4) is 0 Å². The highest BCUT2D eigenvalue weighted by atomic mass is 16.3. The van der Waals surface area contributed by atoms with Crippen LogP contribution < -0.4 is 4.90 Å². The Balaban J connectivity index is 3.07. The van der Waals surface area contributed by atoms with Gasteiger partial charge in [-0.05, 0) is 37.1 Å². The van der Waals surface area contributed by atoms with Crippen molar-refractivity contribution in [1.82, 2.24) is 0 Å². The maximum atomic E-state index is 10.3. The molecule has 0 saturated carbocycles. The monoisotopic (exact) mass is 222 g/mol. The molecule has 0 aliphatic carbocycles. The van der Waals surface area contributed by atoms with Gasteiger partial charge < -0.3 is 10.0 Å². The fourth-order valence-corrected chi connectivity index (χ4v) is 1.50. The van der Waals surface area contributed by atoms with E-state index in [-0.39, 0.29) is 13.2 Å². The number of benzene rings is 1. The number of rotatable bonds is 5. The van der Waals surface area contributed by atoms with Crippen LogP contribution in [0.15, 0.2) is 23.4 Å². The Hall–Kier alpha value is -1.42. The highest BCUT2D eigenvalue weighted by Gasteiger charge is 2.07. The lowest BCUT2D eigenvalue weighted by atomic mass is 10.1. The topological polar surface area (TPSA) is 52.9 Å². The lowest BCUT2D eigenvalue weighted by molar-refractivity contribution is 0.281. The van der Waals surface area contributed by atoms with E-state index in [4.69, 9.17) is 5.11 Å². The van der Waals surface area contributed by atoms with E-state index in [9.17, 15) is 4.91 Å². The summed E-state index contributed by atoms with van der Waals surface area (Å²) >= 11 is 0. The minimum Gasteiger partial charge on any atom is -0.392 e. The maximum Gasteiger partial charge on any atom is 0.106 e. The molecule has 0 bridgehead atoms. The Bertz CT molecular complexity index is 364. The molecule has 1 N–H and O–H groups in total. The number of aliphatic hydroxyl groups excluding tert-OH is 1. The molecule has 0 radical (unpaired) electrons. The first-order valence-electron chi connectivity index (χ1n) is 5.34. The minimum atomic E-state index is -0.0222. The van der Waals surface area contributed by atoms with Gasteiger partial charge in [-0.3, -0.25) is 0 Å². The molecule has 0 aromatic heterocycles. The van der Waals surface area contributed by atoms with Gasteiger partial charge in [0.15, 0.2) is 0 Å². The van der Waals surface area contributed by atoms with Crippen molar-refractivity contribution in [3.63, 3.8) is 0 Å². The normalized spacial score (nSPS) is 10.6. The Morgan fingerprint density at radius 1 is 1.31 bits per heavy atom. The van der Waals surface area contributed by atoms with Crippen molar-refractivity contribution in [2.45, 2.75) is 33.0 Å². The van der Waals surface area contributed by atoms with E-state index in [1.807, 2.05) is 19.2 Å². The zero-order valence-electron chi connectivity index (χ0n) is 9.97. The molecule has 0 aliphatic rings. The molecular formula is C12H18N2O2.